The van der Waals surface area contributed by atoms with Crippen molar-refractivity contribution in [3.63, 3.8) is 0 Å². The molecule has 0 aliphatic heterocycles. The Morgan fingerprint density at radius 2 is 1.95 bits per heavy atom. The first-order valence-corrected chi connectivity index (χ1v) is 7.80. The molecule has 20 heavy (non-hydrogen) atoms. The van der Waals surface area contributed by atoms with Gasteiger partial charge in [0.05, 0.1) is 9.77 Å². The summed E-state index contributed by atoms with van der Waals surface area (Å²) in [5.41, 5.74) is 0.924. The van der Waals surface area contributed by atoms with Crippen LogP contribution in [0.25, 0.3) is 0 Å². The van der Waals surface area contributed by atoms with Crippen molar-refractivity contribution in [2.75, 3.05) is 0 Å². The number of thiazole rings is 1. The molecule has 0 unspecified atom stereocenters. The average molecular weight is 319 g/mol. The predicted octanol–water partition coefficient (Wildman–Crippen LogP) is 3.29. The summed E-state index contributed by atoms with van der Waals surface area (Å²) in [6.45, 7) is 1.53. The third-order valence-corrected chi connectivity index (χ3v) is 4.68. The minimum Gasteiger partial charge on any atom is -0.261 e. The third-order valence-electron chi connectivity index (χ3n) is 2.42. The van der Waals surface area contributed by atoms with Crippen LogP contribution in [0.4, 0.5) is 8.78 Å². The molecule has 0 fully saturated rings. The van der Waals surface area contributed by atoms with Gasteiger partial charge in [0.25, 0.3) is 16.5 Å². The molecule has 2 rings (SSSR count). The molecule has 1 heterocycles. The lowest BCUT2D eigenvalue weighted by Gasteiger charge is -2.04. The van der Waals surface area contributed by atoms with Crippen molar-refractivity contribution >= 4 is 21.5 Å². The fourth-order valence-electron chi connectivity index (χ4n) is 1.40. The molecule has 1 aromatic carbocycles. The highest BCUT2D eigenvalue weighted by Gasteiger charge is 2.17. The van der Waals surface area contributed by atoms with Crippen molar-refractivity contribution < 1.29 is 21.4 Å². The summed E-state index contributed by atoms with van der Waals surface area (Å²) in [4.78, 5) is 3.85. The Labute approximate surface area is 119 Å². The first-order valence-electron chi connectivity index (χ1n) is 5.57. The Balaban J connectivity index is 2.07. The lowest BCUT2D eigenvalue weighted by Crippen LogP contribution is -2.05. The molecular formula is C12H11F2NO3S2. The van der Waals surface area contributed by atoms with Crippen molar-refractivity contribution in [2.45, 2.75) is 24.9 Å². The van der Waals surface area contributed by atoms with Crippen LogP contribution in [0.2, 0.25) is 0 Å². The number of rotatable bonds is 5. The Bertz CT molecular complexity index is 681. The molecule has 8 heteroatoms. The molecule has 108 valence electrons. The largest absolute Gasteiger partial charge is 0.297 e. The van der Waals surface area contributed by atoms with Crippen LogP contribution in [0.5, 0.6) is 0 Å². The van der Waals surface area contributed by atoms with E-state index in [0.717, 1.165) is 16.9 Å². The maximum atomic E-state index is 12.3. The van der Waals surface area contributed by atoms with Gasteiger partial charge in [0.2, 0.25) is 0 Å². The highest BCUT2D eigenvalue weighted by Crippen LogP contribution is 2.25. The van der Waals surface area contributed by atoms with E-state index < -0.39 is 16.5 Å². The molecule has 0 aliphatic rings. The minimum atomic E-state index is -3.89. The number of hydrogen-bond acceptors (Lipinski definition) is 5. The van der Waals surface area contributed by atoms with E-state index in [1.54, 1.807) is 12.1 Å². The summed E-state index contributed by atoms with van der Waals surface area (Å²) in [7, 11) is -3.89. The Morgan fingerprint density at radius 3 is 2.50 bits per heavy atom. The van der Waals surface area contributed by atoms with Gasteiger partial charge in [-0.15, -0.1) is 11.3 Å². The molecule has 0 N–H and O–H groups in total. The monoisotopic (exact) mass is 319 g/mol. The van der Waals surface area contributed by atoms with E-state index in [1.165, 1.54) is 18.3 Å². The van der Waals surface area contributed by atoms with Crippen LogP contribution in [-0.2, 0) is 20.9 Å². The van der Waals surface area contributed by atoms with E-state index in [0.29, 0.717) is 4.88 Å². The topological polar surface area (TPSA) is 56.3 Å². The van der Waals surface area contributed by atoms with Gasteiger partial charge in [0.1, 0.15) is 6.61 Å². The maximum Gasteiger partial charge on any atom is 0.297 e. The summed E-state index contributed by atoms with van der Waals surface area (Å²) < 4.78 is 53.3. The fraction of sp³-hybridized carbons (Fsp3) is 0.250. The van der Waals surface area contributed by atoms with Gasteiger partial charge in [0, 0.05) is 6.20 Å². The maximum absolute atomic E-state index is 12.3. The fourth-order valence-corrected chi connectivity index (χ4v) is 3.05. The SMILES string of the molecule is Cc1ccc(S(=O)(=O)OCc2cnc(C(F)F)s2)cc1. The quantitative estimate of drug-likeness (QED) is 0.794. The second kappa shape index (κ2) is 5.94. The van der Waals surface area contributed by atoms with Gasteiger partial charge in [-0.1, -0.05) is 17.7 Å². The molecule has 0 bridgehead atoms. The number of aryl methyl sites for hydroxylation is 1. The van der Waals surface area contributed by atoms with Gasteiger partial charge in [-0.25, -0.2) is 13.8 Å². The van der Waals surface area contributed by atoms with Crippen molar-refractivity contribution in [1.29, 1.82) is 0 Å². The van der Waals surface area contributed by atoms with Crippen molar-refractivity contribution in [2.24, 2.45) is 0 Å². The zero-order chi connectivity index (χ0) is 14.8. The first kappa shape index (κ1) is 15.0. The molecule has 0 saturated heterocycles. The number of aromatic nitrogens is 1. The van der Waals surface area contributed by atoms with Gasteiger partial charge in [0.15, 0.2) is 5.01 Å². The van der Waals surface area contributed by atoms with E-state index in [-0.39, 0.29) is 16.5 Å². The van der Waals surface area contributed by atoms with Crippen LogP contribution in [-0.4, -0.2) is 13.4 Å². The minimum absolute atomic E-state index is 0.0294. The van der Waals surface area contributed by atoms with Crippen LogP contribution < -0.4 is 0 Å². The highest BCUT2D eigenvalue weighted by atomic mass is 32.2. The number of nitrogens with zero attached hydrogens (tertiary/aromatic N) is 1. The summed E-state index contributed by atoms with van der Waals surface area (Å²) in [6, 6.07) is 6.17. The van der Waals surface area contributed by atoms with Crippen LogP contribution in [0.3, 0.4) is 0 Å². The molecule has 0 aliphatic carbocycles. The molecule has 0 atom stereocenters. The van der Waals surface area contributed by atoms with Gasteiger partial charge < -0.3 is 0 Å². The molecule has 1 aromatic heterocycles. The van der Waals surface area contributed by atoms with Crippen LogP contribution in [0.1, 0.15) is 21.9 Å². The van der Waals surface area contributed by atoms with Gasteiger partial charge in [-0.2, -0.15) is 8.42 Å². The second-order valence-electron chi connectivity index (χ2n) is 3.99. The van der Waals surface area contributed by atoms with Crippen molar-refractivity contribution in [1.82, 2.24) is 4.98 Å². The van der Waals surface area contributed by atoms with Crippen molar-refractivity contribution in [3.8, 4) is 0 Å². The Kier molecular flexibility index (Phi) is 4.46. The van der Waals surface area contributed by atoms with Crippen LogP contribution >= 0.6 is 11.3 Å². The van der Waals surface area contributed by atoms with E-state index >= 15 is 0 Å². The molecular weight excluding hydrogens is 308 g/mol. The highest BCUT2D eigenvalue weighted by molar-refractivity contribution is 7.86. The van der Waals surface area contributed by atoms with E-state index in [9.17, 15) is 17.2 Å². The van der Waals surface area contributed by atoms with Crippen molar-refractivity contribution in [3.05, 3.63) is 45.9 Å². The zero-order valence-corrected chi connectivity index (χ0v) is 12.0. The summed E-state index contributed by atoms with van der Waals surface area (Å²) in [5, 5.41) is -0.351. The normalized spacial score (nSPS) is 12.0. The number of hydrogen-bond donors (Lipinski definition) is 0. The standard InChI is InChI=1S/C12H11F2NO3S2/c1-8-2-4-10(5-3-8)20(16,17)18-7-9-6-15-12(19-9)11(13)14/h2-6,11H,7H2,1H3. The predicted molar refractivity (Wildman–Crippen MR) is 70.2 cm³/mol. The number of benzene rings is 1. The van der Waals surface area contributed by atoms with Gasteiger partial charge >= 0.3 is 0 Å². The van der Waals surface area contributed by atoms with E-state index in [1.807, 2.05) is 6.92 Å². The van der Waals surface area contributed by atoms with Gasteiger partial charge in [-0.3, -0.25) is 4.18 Å². The second-order valence-corrected chi connectivity index (χ2v) is 6.76. The summed E-state index contributed by atoms with van der Waals surface area (Å²) in [6.07, 6.45) is -1.47. The van der Waals surface area contributed by atoms with Gasteiger partial charge in [-0.05, 0) is 19.1 Å². The first-order chi connectivity index (χ1) is 9.38. The molecule has 4 nitrogen and oxygen atoms in total. The van der Waals surface area contributed by atoms with Crippen LogP contribution in [0, 0.1) is 6.92 Å². The number of halogens is 2. The Morgan fingerprint density at radius 1 is 1.30 bits per heavy atom. The lowest BCUT2D eigenvalue weighted by molar-refractivity contribution is 0.151. The molecule has 0 spiro atoms. The molecule has 2 aromatic rings. The summed E-state index contributed by atoms with van der Waals surface area (Å²) in [5.74, 6) is 0. The van der Waals surface area contributed by atoms with Crippen LogP contribution in [0.15, 0.2) is 35.4 Å². The Hall–Kier alpha value is -1.38. The molecule has 0 saturated carbocycles. The zero-order valence-electron chi connectivity index (χ0n) is 10.4. The lowest BCUT2D eigenvalue weighted by atomic mass is 10.2. The average Bonchev–Trinajstić information content (AvgIpc) is 2.86. The molecule has 0 amide bonds. The molecule has 0 radical (unpaired) electrons. The van der Waals surface area contributed by atoms with E-state index in [4.69, 9.17) is 4.18 Å². The third kappa shape index (κ3) is 3.59. The number of alkyl halides is 2. The smallest absolute Gasteiger partial charge is 0.261 e. The van der Waals surface area contributed by atoms with E-state index in [2.05, 4.69) is 4.98 Å². The summed E-state index contributed by atoms with van der Waals surface area (Å²) >= 11 is 0.729.